The summed E-state index contributed by atoms with van der Waals surface area (Å²) >= 11 is 0. The molecule has 7 heteroatoms. The molecule has 3 rings (SSSR count). The minimum Gasteiger partial charge on any atom is -0.454 e. The van der Waals surface area contributed by atoms with Crippen LogP contribution in [0.15, 0.2) is 47.2 Å². The second-order valence-corrected chi connectivity index (χ2v) is 4.41. The van der Waals surface area contributed by atoms with Crippen LogP contribution in [0.5, 0.6) is 6.01 Å². The molecular formula is C14H15N5O2. The lowest BCUT2D eigenvalue weighted by Gasteiger charge is -1.99. The molecule has 0 aliphatic heterocycles. The zero-order chi connectivity index (χ0) is 14.5. The maximum Gasteiger partial charge on any atom is 0.336 e. The SMILES string of the molecule is CNCc1cc(COc2ncn(-c3ccccc3)n2)on1. The van der Waals surface area contributed by atoms with Crippen LogP contribution in [-0.4, -0.2) is 27.0 Å². The van der Waals surface area contributed by atoms with Crippen LogP contribution in [0, 0.1) is 0 Å². The van der Waals surface area contributed by atoms with Crippen molar-refractivity contribution in [3.63, 3.8) is 0 Å². The van der Waals surface area contributed by atoms with Gasteiger partial charge in [0, 0.05) is 12.6 Å². The van der Waals surface area contributed by atoms with E-state index in [1.165, 1.54) is 0 Å². The highest BCUT2D eigenvalue weighted by atomic mass is 16.5. The molecule has 0 amide bonds. The number of nitrogens with zero attached hydrogens (tertiary/aromatic N) is 4. The molecule has 2 aromatic heterocycles. The molecule has 2 heterocycles. The molecule has 0 bridgehead atoms. The first-order valence-corrected chi connectivity index (χ1v) is 6.54. The molecule has 3 aromatic rings. The topological polar surface area (TPSA) is 78.0 Å². The standard InChI is InChI=1S/C14H15N5O2/c1-15-8-11-7-13(21-18-11)9-20-14-16-10-19(17-14)12-5-3-2-4-6-12/h2-7,10,15H,8-9H2,1H3. The Morgan fingerprint density at radius 2 is 2.14 bits per heavy atom. The summed E-state index contributed by atoms with van der Waals surface area (Å²) in [4.78, 5) is 4.11. The Balaban J connectivity index is 1.62. The third kappa shape index (κ3) is 3.26. The first kappa shape index (κ1) is 13.3. The fraction of sp³-hybridized carbons (Fsp3) is 0.214. The molecule has 7 nitrogen and oxygen atoms in total. The number of aromatic nitrogens is 4. The molecule has 108 valence electrons. The van der Waals surface area contributed by atoms with Crippen molar-refractivity contribution in [3.8, 4) is 11.7 Å². The highest BCUT2D eigenvalue weighted by Gasteiger charge is 2.07. The quantitative estimate of drug-likeness (QED) is 0.740. The van der Waals surface area contributed by atoms with Crippen molar-refractivity contribution in [2.75, 3.05) is 7.05 Å². The van der Waals surface area contributed by atoms with E-state index < -0.39 is 0 Å². The summed E-state index contributed by atoms with van der Waals surface area (Å²) in [5, 5.41) is 11.2. The lowest BCUT2D eigenvalue weighted by molar-refractivity contribution is 0.232. The molecule has 1 aromatic carbocycles. The Hall–Kier alpha value is -2.67. The summed E-state index contributed by atoms with van der Waals surface area (Å²) in [7, 11) is 1.85. The normalized spacial score (nSPS) is 10.7. The van der Waals surface area contributed by atoms with E-state index in [-0.39, 0.29) is 6.61 Å². The van der Waals surface area contributed by atoms with E-state index in [2.05, 4.69) is 20.6 Å². The summed E-state index contributed by atoms with van der Waals surface area (Å²) in [6.45, 7) is 0.903. The Bertz CT molecular complexity index is 692. The van der Waals surface area contributed by atoms with E-state index in [0.717, 1.165) is 11.4 Å². The first-order chi connectivity index (χ1) is 10.3. The summed E-state index contributed by atoms with van der Waals surface area (Å²) in [5.41, 5.74) is 1.76. The van der Waals surface area contributed by atoms with E-state index in [4.69, 9.17) is 9.26 Å². The molecule has 0 saturated heterocycles. The molecule has 0 radical (unpaired) electrons. The highest BCUT2D eigenvalue weighted by Crippen LogP contribution is 2.11. The van der Waals surface area contributed by atoms with Crippen molar-refractivity contribution in [2.24, 2.45) is 0 Å². The first-order valence-electron chi connectivity index (χ1n) is 6.54. The van der Waals surface area contributed by atoms with Gasteiger partial charge in [0.05, 0.1) is 11.4 Å². The van der Waals surface area contributed by atoms with Gasteiger partial charge >= 0.3 is 6.01 Å². The van der Waals surface area contributed by atoms with Gasteiger partial charge in [0.25, 0.3) is 0 Å². The van der Waals surface area contributed by atoms with Crippen LogP contribution in [-0.2, 0) is 13.2 Å². The summed E-state index contributed by atoms with van der Waals surface area (Å²) in [6.07, 6.45) is 1.61. The van der Waals surface area contributed by atoms with E-state index in [9.17, 15) is 0 Å². The van der Waals surface area contributed by atoms with Crippen LogP contribution in [0.25, 0.3) is 5.69 Å². The maximum atomic E-state index is 5.49. The van der Waals surface area contributed by atoms with Crippen molar-refractivity contribution >= 4 is 0 Å². The maximum absolute atomic E-state index is 5.49. The number of hydrogen-bond acceptors (Lipinski definition) is 6. The molecule has 0 aliphatic carbocycles. The van der Waals surface area contributed by atoms with Gasteiger partial charge in [0.15, 0.2) is 12.4 Å². The number of para-hydroxylation sites is 1. The van der Waals surface area contributed by atoms with Gasteiger partial charge in [0.2, 0.25) is 0 Å². The average molecular weight is 285 g/mol. The van der Waals surface area contributed by atoms with Crippen LogP contribution in [0.1, 0.15) is 11.5 Å². The Labute approximate surface area is 121 Å². The van der Waals surface area contributed by atoms with Crippen molar-refractivity contribution < 1.29 is 9.26 Å². The molecule has 0 aliphatic rings. The summed E-state index contributed by atoms with van der Waals surface area (Å²) in [6, 6.07) is 11.9. The van der Waals surface area contributed by atoms with Crippen LogP contribution in [0.3, 0.4) is 0 Å². The molecule has 1 N–H and O–H groups in total. The zero-order valence-electron chi connectivity index (χ0n) is 11.6. The predicted octanol–water partition coefficient (Wildman–Crippen LogP) is 1.55. The molecular weight excluding hydrogens is 270 g/mol. The minimum atomic E-state index is 0.246. The molecule has 0 saturated carbocycles. The van der Waals surface area contributed by atoms with Crippen molar-refractivity contribution in [3.05, 3.63) is 54.2 Å². The van der Waals surface area contributed by atoms with Crippen molar-refractivity contribution in [2.45, 2.75) is 13.2 Å². The number of benzene rings is 1. The lowest BCUT2D eigenvalue weighted by atomic mass is 10.3. The summed E-state index contributed by atoms with van der Waals surface area (Å²) in [5.74, 6) is 0.635. The van der Waals surface area contributed by atoms with Gasteiger partial charge in [-0.25, -0.2) is 4.68 Å². The van der Waals surface area contributed by atoms with Crippen molar-refractivity contribution in [1.29, 1.82) is 0 Å². The third-order valence-electron chi connectivity index (χ3n) is 2.80. The molecule has 0 unspecified atom stereocenters. The Kier molecular flexibility index (Phi) is 3.92. The van der Waals surface area contributed by atoms with Gasteiger partial charge in [-0.05, 0) is 19.2 Å². The van der Waals surface area contributed by atoms with Crippen LogP contribution in [0.2, 0.25) is 0 Å². The predicted molar refractivity (Wildman–Crippen MR) is 75.0 cm³/mol. The van der Waals surface area contributed by atoms with E-state index in [0.29, 0.717) is 18.3 Å². The fourth-order valence-corrected chi connectivity index (χ4v) is 1.84. The van der Waals surface area contributed by atoms with Crippen LogP contribution in [0.4, 0.5) is 0 Å². The summed E-state index contributed by atoms with van der Waals surface area (Å²) < 4.78 is 12.3. The third-order valence-corrected chi connectivity index (χ3v) is 2.80. The number of hydrogen-bond donors (Lipinski definition) is 1. The van der Waals surface area contributed by atoms with Gasteiger partial charge in [0.1, 0.15) is 6.33 Å². The van der Waals surface area contributed by atoms with Gasteiger partial charge in [-0.15, -0.1) is 5.10 Å². The highest BCUT2D eigenvalue weighted by molar-refractivity contribution is 5.29. The Morgan fingerprint density at radius 3 is 2.95 bits per heavy atom. The number of nitrogens with one attached hydrogen (secondary N) is 1. The van der Waals surface area contributed by atoms with Gasteiger partial charge < -0.3 is 14.6 Å². The van der Waals surface area contributed by atoms with Crippen LogP contribution < -0.4 is 10.1 Å². The molecule has 0 spiro atoms. The molecule has 21 heavy (non-hydrogen) atoms. The average Bonchev–Trinajstić information content (AvgIpc) is 3.16. The smallest absolute Gasteiger partial charge is 0.336 e. The second kappa shape index (κ2) is 6.19. The van der Waals surface area contributed by atoms with Crippen molar-refractivity contribution in [1.82, 2.24) is 25.2 Å². The van der Waals surface area contributed by atoms with E-state index in [1.54, 1.807) is 11.0 Å². The van der Waals surface area contributed by atoms with Gasteiger partial charge in [-0.1, -0.05) is 23.4 Å². The molecule has 0 fully saturated rings. The number of ether oxygens (including phenoxy) is 1. The van der Waals surface area contributed by atoms with Crippen LogP contribution >= 0.6 is 0 Å². The minimum absolute atomic E-state index is 0.246. The van der Waals surface area contributed by atoms with E-state index in [1.807, 2.05) is 43.4 Å². The van der Waals surface area contributed by atoms with Gasteiger partial charge in [-0.3, -0.25) is 0 Å². The van der Waals surface area contributed by atoms with E-state index >= 15 is 0 Å². The zero-order valence-corrected chi connectivity index (χ0v) is 11.6. The second-order valence-electron chi connectivity index (χ2n) is 4.41. The Morgan fingerprint density at radius 1 is 1.29 bits per heavy atom. The number of rotatable bonds is 6. The largest absolute Gasteiger partial charge is 0.454 e. The molecule has 0 atom stereocenters. The fourth-order valence-electron chi connectivity index (χ4n) is 1.84. The van der Waals surface area contributed by atoms with Gasteiger partial charge in [-0.2, -0.15) is 4.98 Å². The monoisotopic (exact) mass is 285 g/mol. The lowest BCUT2D eigenvalue weighted by Crippen LogP contribution is -2.04.